The molecule has 0 aromatic heterocycles. The molecule has 0 bridgehead atoms. The molecule has 0 saturated carbocycles. The van der Waals surface area contributed by atoms with Gasteiger partial charge in [0.15, 0.2) is 0 Å². The maximum Gasteiger partial charge on any atom is 0.245 e. The van der Waals surface area contributed by atoms with E-state index in [0.717, 1.165) is 18.8 Å². The second-order valence-corrected chi connectivity index (χ2v) is 4.88. The fraction of sp³-hybridized carbons (Fsp3) is 0.500. The summed E-state index contributed by atoms with van der Waals surface area (Å²) in [6, 6.07) is 8.21. The number of rotatable bonds is 3. The number of hydrogen-bond acceptors (Lipinski definition) is 3. The lowest BCUT2D eigenvalue weighted by molar-refractivity contribution is -0.133. The summed E-state index contributed by atoms with van der Waals surface area (Å²) >= 11 is 0. The second kappa shape index (κ2) is 5.40. The topological polar surface area (TPSA) is 49.6 Å². The lowest BCUT2D eigenvalue weighted by Crippen LogP contribution is -2.56. The molecule has 0 spiro atoms. The predicted octanol–water partition coefficient (Wildman–Crippen LogP) is 0.991. The Labute approximate surface area is 108 Å². The number of piperazine rings is 1. The molecule has 1 aliphatic rings. The van der Waals surface area contributed by atoms with E-state index in [2.05, 4.69) is 36.1 Å². The highest BCUT2D eigenvalue weighted by atomic mass is 16.2. The smallest absolute Gasteiger partial charge is 0.245 e. The summed E-state index contributed by atoms with van der Waals surface area (Å²) in [6.45, 7) is 4.24. The zero-order valence-corrected chi connectivity index (χ0v) is 11.1. The van der Waals surface area contributed by atoms with E-state index in [4.69, 9.17) is 5.73 Å². The Balaban J connectivity index is 2.24. The summed E-state index contributed by atoms with van der Waals surface area (Å²) < 4.78 is 0. The molecule has 1 heterocycles. The number of benzene rings is 1. The van der Waals surface area contributed by atoms with E-state index in [1.54, 1.807) is 4.90 Å². The van der Waals surface area contributed by atoms with E-state index in [0.29, 0.717) is 13.0 Å². The molecule has 98 valence electrons. The van der Waals surface area contributed by atoms with Crippen molar-refractivity contribution in [2.24, 2.45) is 5.73 Å². The van der Waals surface area contributed by atoms with Crippen LogP contribution in [0.15, 0.2) is 24.3 Å². The summed E-state index contributed by atoms with van der Waals surface area (Å²) in [5, 5.41) is 0. The largest absolute Gasteiger partial charge is 0.358 e. The van der Waals surface area contributed by atoms with E-state index in [-0.39, 0.29) is 11.9 Å². The molecule has 18 heavy (non-hydrogen) atoms. The van der Waals surface area contributed by atoms with Gasteiger partial charge in [-0.25, -0.2) is 0 Å². The minimum atomic E-state index is -0.114. The zero-order chi connectivity index (χ0) is 13.1. The predicted molar refractivity (Wildman–Crippen MR) is 73.6 cm³/mol. The number of hydrogen-bond donors (Lipinski definition) is 1. The Morgan fingerprint density at radius 2 is 1.94 bits per heavy atom. The van der Waals surface area contributed by atoms with Crippen LogP contribution in [0, 0.1) is 6.92 Å². The van der Waals surface area contributed by atoms with Gasteiger partial charge in [-0.1, -0.05) is 17.7 Å². The highest BCUT2D eigenvalue weighted by Crippen LogP contribution is 2.22. The van der Waals surface area contributed by atoms with Crippen molar-refractivity contribution in [1.82, 2.24) is 4.90 Å². The van der Waals surface area contributed by atoms with Crippen molar-refractivity contribution in [3.63, 3.8) is 0 Å². The van der Waals surface area contributed by atoms with Crippen molar-refractivity contribution in [1.29, 1.82) is 0 Å². The van der Waals surface area contributed by atoms with E-state index >= 15 is 0 Å². The quantitative estimate of drug-likeness (QED) is 0.866. The van der Waals surface area contributed by atoms with E-state index in [9.17, 15) is 4.79 Å². The highest BCUT2D eigenvalue weighted by Gasteiger charge is 2.32. The molecule has 4 heteroatoms. The number of carbonyl (C=O) groups excluding carboxylic acids is 1. The van der Waals surface area contributed by atoms with Crippen LogP contribution in [0.2, 0.25) is 0 Å². The van der Waals surface area contributed by atoms with Crippen LogP contribution in [0.4, 0.5) is 5.69 Å². The minimum absolute atomic E-state index is 0.114. The summed E-state index contributed by atoms with van der Waals surface area (Å²) in [5.74, 6) is 0.173. The van der Waals surface area contributed by atoms with Crippen LogP contribution < -0.4 is 10.6 Å². The molecule has 1 aliphatic heterocycles. The number of nitrogens with two attached hydrogens (primary N) is 1. The molecule has 1 aromatic carbocycles. The zero-order valence-electron chi connectivity index (χ0n) is 11.1. The fourth-order valence-electron chi connectivity index (χ4n) is 2.39. The van der Waals surface area contributed by atoms with Crippen LogP contribution in [0.1, 0.15) is 12.0 Å². The SMILES string of the molecule is Cc1ccc(N2CCN(C)C(=O)C2CCN)cc1. The Morgan fingerprint density at radius 1 is 1.28 bits per heavy atom. The molecule has 1 amide bonds. The molecule has 1 fully saturated rings. The van der Waals surface area contributed by atoms with Gasteiger partial charge in [0.1, 0.15) is 6.04 Å². The molecule has 1 unspecified atom stereocenters. The van der Waals surface area contributed by atoms with Gasteiger partial charge in [-0.2, -0.15) is 0 Å². The molecular weight excluding hydrogens is 226 g/mol. The van der Waals surface area contributed by atoms with Crippen LogP contribution in [-0.4, -0.2) is 43.5 Å². The molecule has 2 rings (SSSR count). The van der Waals surface area contributed by atoms with Crippen molar-refractivity contribution >= 4 is 11.6 Å². The molecule has 2 N–H and O–H groups in total. The summed E-state index contributed by atoms with van der Waals surface area (Å²) in [4.78, 5) is 16.2. The summed E-state index contributed by atoms with van der Waals surface area (Å²) in [5.41, 5.74) is 7.98. The maximum absolute atomic E-state index is 12.2. The maximum atomic E-state index is 12.2. The first kappa shape index (κ1) is 12.9. The van der Waals surface area contributed by atoms with Gasteiger partial charge >= 0.3 is 0 Å². The molecule has 4 nitrogen and oxygen atoms in total. The normalized spacial score (nSPS) is 20.4. The van der Waals surface area contributed by atoms with Gasteiger partial charge in [0.2, 0.25) is 5.91 Å². The van der Waals surface area contributed by atoms with Gasteiger partial charge in [0.25, 0.3) is 0 Å². The molecule has 0 aliphatic carbocycles. The van der Waals surface area contributed by atoms with Gasteiger partial charge < -0.3 is 15.5 Å². The van der Waals surface area contributed by atoms with Gasteiger partial charge in [0, 0.05) is 25.8 Å². The molecular formula is C14H21N3O. The van der Waals surface area contributed by atoms with Crippen molar-refractivity contribution in [2.45, 2.75) is 19.4 Å². The fourth-order valence-corrected chi connectivity index (χ4v) is 2.39. The Hall–Kier alpha value is -1.55. The monoisotopic (exact) mass is 247 g/mol. The number of nitrogens with zero attached hydrogens (tertiary/aromatic N) is 2. The molecule has 0 radical (unpaired) electrons. The van der Waals surface area contributed by atoms with Crippen molar-refractivity contribution in [2.75, 3.05) is 31.6 Å². The number of carbonyl (C=O) groups is 1. The van der Waals surface area contributed by atoms with E-state index in [1.807, 2.05) is 7.05 Å². The number of anilines is 1. The van der Waals surface area contributed by atoms with Gasteiger partial charge in [-0.3, -0.25) is 4.79 Å². The van der Waals surface area contributed by atoms with Gasteiger partial charge in [-0.05, 0) is 32.0 Å². The Morgan fingerprint density at radius 3 is 2.56 bits per heavy atom. The van der Waals surface area contributed by atoms with Crippen molar-refractivity contribution < 1.29 is 4.79 Å². The van der Waals surface area contributed by atoms with Crippen LogP contribution in [-0.2, 0) is 4.79 Å². The van der Waals surface area contributed by atoms with E-state index < -0.39 is 0 Å². The summed E-state index contributed by atoms with van der Waals surface area (Å²) in [7, 11) is 1.86. The highest BCUT2D eigenvalue weighted by molar-refractivity contribution is 5.86. The standard InChI is InChI=1S/C14H21N3O/c1-11-3-5-12(6-4-11)17-10-9-16(2)14(18)13(17)7-8-15/h3-6,13H,7-10,15H2,1-2H3. The van der Waals surface area contributed by atoms with Crippen LogP contribution >= 0.6 is 0 Å². The summed E-state index contributed by atoms with van der Waals surface area (Å²) in [6.07, 6.45) is 0.705. The average molecular weight is 247 g/mol. The molecule has 1 aromatic rings. The average Bonchev–Trinajstić information content (AvgIpc) is 2.37. The van der Waals surface area contributed by atoms with Gasteiger partial charge in [-0.15, -0.1) is 0 Å². The Bertz CT molecular complexity index is 416. The number of amides is 1. The van der Waals surface area contributed by atoms with Gasteiger partial charge in [0.05, 0.1) is 0 Å². The minimum Gasteiger partial charge on any atom is -0.358 e. The molecule has 1 atom stereocenters. The van der Waals surface area contributed by atoms with Crippen molar-refractivity contribution in [3.8, 4) is 0 Å². The van der Waals surface area contributed by atoms with E-state index in [1.165, 1.54) is 5.56 Å². The van der Waals surface area contributed by atoms with Crippen LogP contribution in [0.25, 0.3) is 0 Å². The number of aryl methyl sites for hydroxylation is 1. The molecule has 1 saturated heterocycles. The first-order valence-electron chi connectivity index (χ1n) is 6.42. The lowest BCUT2D eigenvalue weighted by atomic mass is 10.1. The van der Waals surface area contributed by atoms with Crippen LogP contribution in [0.3, 0.4) is 0 Å². The van der Waals surface area contributed by atoms with Crippen molar-refractivity contribution in [3.05, 3.63) is 29.8 Å². The Kier molecular flexibility index (Phi) is 3.87. The first-order valence-corrected chi connectivity index (χ1v) is 6.42. The second-order valence-electron chi connectivity index (χ2n) is 4.88. The third kappa shape index (κ3) is 2.48. The third-order valence-electron chi connectivity index (χ3n) is 3.52. The number of likely N-dealkylation sites (N-methyl/N-ethyl adjacent to an activating group) is 1. The third-order valence-corrected chi connectivity index (χ3v) is 3.52. The van der Waals surface area contributed by atoms with Crippen LogP contribution in [0.5, 0.6) is 0 Å². The first-order chi connectivity index (χ1) is 8.63. The lowest BCUT2D eigenvalue weighted by Gasteiger charge is -2.40.